The third-order valence-electron chi connectivity index (χ3n) is 2.97. The molecule has 0 bridgehead atoms. The number of benzene rings is 1. The summed E-state index contributed by atoms with van der Waals surface area (Å²) in [7, 11) is 0. The third kappa shape index (κ3) is 3.30. The molecule has 0 saturated carbocycles. The van der Waals surface area contributed by atoms with Gasteiger partial charge in [-0.25, -0.2) is 0 Å². The average Bonchev–Trinajstić information content (AvgIpc) is 3.14. The van der Waals surface area contributed by atoms with E-state index in [0.29, 0.717) is 21.6 Å². The van der Waals surface area contributed by atoms with Gasteiger partial charge in [0.15, 0.2) is 5.11 Å². The third-order valence-corrected chi connectivity index (χ3v) is 5.77. The summed E-state index contributed by atoms with van der Waals surface area (Å²) in [4.78, 5) is 13.9. The zero-order valence-corrected chi connectivity index (χ0v) is 14.5. The van der Waals surface area contributed by atoms with Crippen molar-refractivity contribution in [3.8, 4) is 0 Å². The molecule has 0 unspecified atom stereocenters. The number of rotatable bonds is 3. The van der Waals surface area contributed by atoms with Crippen LogP contribution in [0.4, 0.5) is 0 Å². The van der Waals surface area contributed by atoms with Crippen LogP contribution in [0.25, 0.3) is 10.1 Å². The van der Waals surface area contributed by atoms with Crippen LogP contribution in [0.5, 0.6) is 0 Å². The molecule has 3 nitrogen and oxygen atoms in total. The van der Waals surface area contributed by atoms with E-state index in [2.05, 4.69) is 10.6 Å². The van der Waals surface area contributed by atoms with Crippen molar-refractivity contribution in [1.29, 1.82) is 0 Å². The first-order valence-corrected chi connectivity index (χ1v) is 8.92. The highest BCUT2D eigenvalue weighted by Gasteiger charge is 2.17. The number of halogens is 1. The Morgan fingerprint density at radius 2 is 2.05 bits per heavy atom. The SMILES string of the molecule is O=C(NC(=S)NCc1cccs1)c1sc2ccccc2c1Cl. The fraction of sp³-hybridized carbons (Fsp3) is 0.0667. The monoisotopic (exact) mass is 366 g/mol. The summed E-state index contributed by atoms with van der Waals surface area (Å²) in [6, 6.07) is 11.6. The van der Waals surface area contributed by atoms with Crippen molar-refractivity contribution in [3.63, 3.8) is 0 Å². The molecule has 2 heterocycles. The van der Waals surface area contributed by atoms with Gasteiger partial charge < -0.3 is 5.32 Å². The molecule has 2 N–H and O–H groups in total. The van der Waals surface area contributed by atoms with Crippen molar-refractivity contribution < 1.29 is 4.79 Å². The summed E-state index contributed by atoms with van der Waals surface area (Å²) >= 11 is 14.4. The quantitative estimate of drug-likeness (QED) is 0.674. The van der Waals surface area contributed by atoms with Crippen LogP contribution in [-0.4, -0.2) is 11.0 Å². The Kier molecular flexibility index (Phi) is 4.73. The van der Waals surface area contributed by atoms with E-state index in [1.165, 1.54) is 11.3 Å². The molecule has 7 heteroatoms. The summed E-state index contributed by atoms with van der Waals surface area (Å²) in [6.45, 7) is 0.594. The van der Waals surface area contributed by atoms with Crippen LogP contribution in [0.3, 0.4) is 0 Å². The molecule has 0 spiro atoms. The minimum atomic E-state index is -0.283. The van der Waals surface area contributed by atoms with Gasteiger partial charge >= 0.3 is 0 Å². The van der Waals surface area contributed by atoms with E-state index in [1.807, 2.05) is 41.8 Å². The molecule has 1 amide bonds. The molecule has 0 aliphatic carbocycles. The number of nitrogens with one attached hydrogen (secondary N) is 2. The largest absolute Gasteiger partial charge is 0.357 e. The van der Waals surface area contributed by atoms with Gasteiger partial charge in [-0.3, -0.25) is 10.1 Å². The number of amides is 1. The minimum absolute atomic E-state index is 0.283. The number of hydrogen-bond donors (Lipinski definition) is 2. The lowest BCUT2D eigenvalue weighted by molar-refractivity contribution is 0.0981. The van der Waals surface area contributed by atoms with Gasteiger partial charge in [0, 0.05) is 15.0 Å². The first-order valence-electron chi connectivity index (χ1n) is 6.44. The van der Waals surface area contributed by atoms with Gasteiger partial charge in [-0.2, -0.15) is 0 Å². The van der Waals surface area contributed by atoms with Crippen LogP contribution in [0.1, 0.15) is 14.5 Å². The van der Waals surface area contributed by atoms with E-state index in [9.17, 15) is 4.79 Å². The van der Waals surface area contributed by atoms with E-state index in [-0.39, 0.29) is 5.91 Å². The molecule has 0 radical (unpaired) electrons. The number of carbonyl (C=O) groups is 1. The topological polar surface area (TPSA) is 41.1 Å². The van der Waals surface area contributed by atoms with Crippen molar-refractivity contribution in [1.82, 2.24) is 10.6 Å². The maximum atomic E-state index is 12.3. The Morgan fingerprint density at radius 1 is 1.23 bits per heavy atom. The number of thiophene rings is 2. The lowest BCUT2D eigenvalue weighted by atomic mass is 10.2. The smallest absolute Gasteiger partial charge is 0.269 e. The summed E-state index contributed by atoms with van der Waals surface area (Å²) in [5, 5.41) is 9.33. The molecule has 112 valence electrons. The van der Waals surface area contributed by atoms with Crippen LogP contribution in [-0.2, 0) is 6.54 Å². The zero-order chi connectivity index (χ0) is 15.5. The Hall–Kier alpha value is -1.47. The Balaban J connectivity index is 1.67. The van der Waals surface area contributed by atoms with Crippen LogP contribution < -0.4 is 10.6 Å². The molecule has 0 fully saturated rings. The summed E-state index contributed by atoms with van der Waals surface area (Å²) < 4.78 is 0.982. The van der Waals surface area contributed by atoms with Crippen molar-refractivity contribution in [3.05, 3.63) is 56.6 Å². The molecule has 0 aliphatic rings. The van der Waals surface area contributed by atoms with E-state index in [4.69, 9.17) is 23.8 Å². The van der Waals surface area contributed by atoms with Crippen LogP contribution in [0.15, 0.2) is 41.8 Å². The van der Waals surface area contributed by atoms with Crippen LogP contribution in [0.2, 0.25) is 5.02 Å². The van der Waals surface area contributed by atoms with Crippen molar-refractivity contribution in [2.75, 3.05) is 0 Å². The normalized spacial score (nSPS) is 10.6. The van der Waals surface area contributed by atoms with Crippen molar-refractivity contribution in [2.45, 2.75) is 6.54 Å². The molecule has 0 atom stereocenters. The van der Waals surface area contributed by atoms with Gasteiger partial charge in [-0.1, -0.05) is 35.9 Å². The lowest BCUT2D eigenvalue weighted by Gasteiger charge is -2.07. The first-order chi connectivity index (χ1) is 10.6. The second-order valence-electron chi connectivity index (χ2n) is 4.46. The number of thiocarbonyl (C=S) groups is 1. The summed E-state index contributed by atoms with van der Waals surface area (Å²) in [5.41, 5.74) is 0. The summed E-state index contributed by atoms with van der Waals surface area (Å²) in [6.07, 6.45) is 0. The predicted molar refractivity (Wildman–Crippen MR) is 98.1 cm³/mol. The molecular weight excluding hydrogens is 356 g/mol. The molecule has 3 rings (SSSR count). The van der Waals surface area contributed by atoms with Gasteiger partial charge in [0.1, 0.15) is 4.88 Å². The van der Waals surface area contributed by atoms with Gasteiger partial charge in [-0.15, -0.1) is 22.7 Å². The highest BCUT2D eigenvalue weighted by molar-refractivity contribution is 7.80. The fourth-order valence-electron chi connectivity index (χ4n) is 1.94. The van der Waals surface area contributed by atoms with Gasteiger partial charge in [0.2, 0.25) is 0 Å². The van der Waals surface area contributed by atoms with E-state index in [1.54, 1.807) is 11.3 Å². The van der Waals surface area contributed by atoms with E-state index in [0.717, 1.165) is 15.0 Å². The highest BCUT2D eigenvalue weighted by Crippen LogP contribution is 2.34. The maximum absolute atomic E-state index is 12.3. The first kappa shape index (κ1) is 15.4. The highest BCUT2D eigenvalue weighted by atomic mass is 35.5. The molecule has 0 saturated heterocycles. The standard InChI is InChI=1S/C15H11ClN2OS3/c16-12-10-5-1-2-6-11(10)22-13(12)14(19)18-15(20)17-8-9-4-3-7-21-9/h1-7H,8H2,(H2,17,18,19,20). The Labute approximate surface area is 145 Å². The minimum Gasteiger partial charge on any atom is -0.357 e. The molecular formula is C15H11ClN2OS3. The predicted octanol–water partition coefficient (Wildman–Crippen LogP) is 4.42. The second kappa shape index (κ2) is 6.75. The summed E-state index contributed by atoms with van der Waals surface area (Å²) in [5.74, 6) is -0.283. The van der Waals surface area contributed by atoms with Crippen LogP contribution in [0, 0.1) is 0 Å². The Morgan fingerprint density at radius 3 is 2.77 bits per heavy atom. The number of carbonyl (C=O) groups excluding carboxylic acids is 1. The van der Waals surface area contributed by atoms with Gasteiger partial charge in [0.25, 0.3) is 5.91 Å². The Bertz CT molecular complexity index is 827. The fourth-order valence-corrected chi connectivity index (χ4v) is 4.17. The number of hydrogen-bond acceptors (Lipinski definition) is 4. The lowest BCUT2D eigenvalue weighted by Crippen LogP contribution is -2.38. The molecule has 0 aliphatic heterocycles. The van der Waals surface area contributed by atoms with Crippen molar-refractivity contribution >= 4 is 67.6 Å². The molecule has 22 heavy (non-hydrogen) atoms. The van der Waals surface area contributed by atoms with Crippen LogP contribution >= 0.6 is 46.5 Å². The molecule has 1 aromatic carbocycles. The van der Waals surface area contributed by atoms with Crippen molar-refractivity contribution in [2.24, 2.45) is 0 Å². The second-order valence-corrected chi connectivity index (χ2v) is 7.33. The zero-order valence-electron chi connectivity index (χ0n) is 11.3. The molecule has 3 aromatic rings. The number of fused-ring (bicyclic) bond motifs is 1. The van der Waals surface area contributed by atoms with Gasteiger partial charge in [-0.05, 0) is 29.7 Å². The van der Waals surface area contributed by atoms with Gasteiger partial charge in [0.05, 0.1) is 11.6 Å². The maximum Gasteiger partial charge on any atom is 0.269 e. The average molecular weight is 367 g/mol. The van der Waals surface area contributed by atoms with E-state index < -0.39 is 0 Å². The molecule has 2 aromatic heterocycles. The van der Waals surface area contributed by atoms with E-state index >= 15 is 0 Å².